The van der Waals surface area contributed by atoms with E-state index >= 15 is 0 Å². The van der Waals surface area contributed by atoms with Gasteiger partial charge in [-0.15, -0.1) is 40.9 Å². The molecule has 0 fully saturated rings. The Morgan fingerprint density at radius 3 is 2.41 bits per heavy atom. The highest BCUT2D eigenvalue weighted by Gasteiger charge is 2.33. The van der Waals surface area contributed by atoms with E-state index in [0.717, 1.165) is 21.0 Å². The number of carbonyl (C=O) groups is 2. The number of benzene rings is 2. The molecule has 0 saturated carbocycles. The first-order chi connectivity index (χ1) is 19.5. The Bertz CT molecular complexity index is 1700. The number of fused-ring (bicyclic) bond motifs is 1. The molecule has 3 aromatic heterocycles. The van der Waals surface area contributed by atoms with Gasteiger partial charge in [0.15, 0.2) is 5.82 Å². The van der Waals surface area contributed by atoms with Crippen LogP contribution in [-0.4, -0.2) is 38.5 Å². The van der Waals surface area contributed by atoms with Crippen LogP contribution >= 0.6 is 22.7 Å². The van der Waals surface area contributed by atoms with Gasteiger partial charge in [0.1, 0.15) is 17.5 Å². The third-order valence-corrected chi connectivity index (χ3v) is 8.27. The normalized spacial score (nSPS) is 12.3. The molecule has 2 N–H and O–H groups in total. The van der Waals surface area contributed by atoms with E-state index in [1.54, 1.807) is 20.0 Å². The van der Waals surface area contributed by atoms with Gasteiger partial charge in [-0.3, -0.25) is 10.1 Å². The topological polar surface area (TPSA) is 116 Å². The van der Waals surface area contributed by atoms with Crippen molar-refractivity contribution in [3.8, 4) is 26.8 Å². The second-order valence-corrected chi connectivity index (χ2v) is 11.1. The maximum absolute atomic E-state index is 13.1. The predicted octanol–water partition coefficient (Wildman–Crippen LogP) is 7.26. The van der Waals surface area contributed by atoms with Crippen molar-refractivity contribution in [2.45, 2.75) is 25.8 Å². The third kappa shape index (κ3) is 6.49. The van der Waals surface area contributed by atoms with E-state index in [-0.39, 0.29) is 11.1 Å². The Morgan fingerprint density at radius 2 is 1.73 bits per heavy atom. The molecule has 1 amide bonds. The number of aromatic nitrogens is 3. The Labute approximate surface area is 238 Å². The smallest absolute Gasteiger partial charge is 0.481 e. The van der Waals surface area contributed by atoms with Crippen LogP contribution in [0.3, 0.4) is 0 Å². The lowest BCUT2D eigenvalue weighted by Gasteiger charge is -2.14. The van der Waals surface area contributed by atoms with Crippen molar-refractivity contribution in [1.82, 2.24) is 15.0 Å². The van der Waals surface area contributed by atoms with Crippen LogP contribution in [0.4, 0.5) is 23.8 Å². The molecule has 41 heavy (non-hydrogen) atoms. The van der Waals surface area contributed by atoms with Gasteiger partial charge in [-0.05, 0) is 42.3 Å². The number of carboxylic acids is 1. The first-order valence-electron chi connectivity index (χ1n) is 12.0. The number of aryl methyl sites for hydroxylation is 1. The number of aliphatic carboxylic acids is 1. The quantitative estimate of drug-likeness (QED) is 0.192. The summed E-state index contributed by atoms with van der Waals surface area (Å²) in [6.07, 6.45) is -6.56. The molecule has 5 rings (SSSR count). The number of hydrogen-bond donors (Lipinski definition) is 2. The summed E-state index contributed by atoms with van der Waals surface area (Å²) in [7, 11) is 1.62. The fourth-order valence-electron chi connectivity index (χ4n) is 4.09. The van der Waals surface area contributed by atoms with Crippen molar-refractivity contribution >= 4 is 50.0 Å². The average Bonchev–Trinajstić information content (AvgIpc) is 3.57. The number of ether oxygens (including phenoxy) is 2. The van der Waals surface area contributed by atoms with E-state index in [4.69, 9.17) is 9.84 Å². The number of carbonyl (C=O) groups excluding carboxylic acids is 1. The summed E-state index contributed by atoms with van der Waals surface area (Å²) < 4.78 is 52.0. The highest BCUT2D eigenvalue weighted by Crippen LogP contribution is 2.45. The second kappa shape index (κ2) is 11.2. The Balaban J connectivity index is 1.40. The molecule has 0 unspecified atom stereocenters. The number of alkyl halides is 3. The van der Waals surface area contributed by atoms with Crippen molar-refractivity contribution in [2.24, 2.45) is 7.05 Å². The highest BCUT2D eigenvalue weighted by atomic mass is 32.1. The number of nitrogens with one attached hydrogen (secondary N) is 1. The minimum absolute atomic E-state index is 0.181. The largest absolute Gasteiger partial charge is 0.573 e. The number of amides is 1. The van der Waals surface area contributed by atoms with Gasteiger partial charge in [-0.2, -0.15) is 0 Å². The summed E-state index contributed by atoms with van der Waals surface area (Å²) in [5.74, 6) is -1.33. The van der Waals surface area contributed by atoms with Gasteiger partial charge in [0.2, 0.25) is 0 Å². The molecule has 5 aromatic rings. The molecule has 9 nitrogen and oxygen atoms in total. The summed E-state index contributed by atoms with van der Waals surface area (Å²) in [4.78, 5) is 24.9. The van der Waals surface area contributed by atoms with E-state index in [1.165, 1.54) is 39.5 Å². The number of carboxylic acid groups (broad SMARTS) is 1. The zero-order valence-electron chi connectivity index (χ0n) is 21.4. The molecular weight excluding hydrogens is 581 g/mol. The van der Waals surface area contributed by atoms with E-state index in [1.807, 2.05) is 36.4 Å². The minimum atomic E-state index is -4.95. The fraction of sp³-hybridized carbons (Fsp3) is 0.185. The second-order valence-electron chi connectivity index (χ2n) is 8.89. The Hall–Kier alpha value is -4.43. The number of halogens is 3. The van der Waals surface area contributed by atoms with E-state index in [2.05, 4.69) is 20.4 Å². The van der Waals surface area contributed by atoms with Crippen LogP contribution in [0.5, 0.6) is 5.75 Å². The predicted molar refractivity (Wildman–Crippen MR) is 148 cm³/mol. The van der Waals surface area contributed by atoms with Crippen LogP contribution in [0.15, 0.2) is 60.7 Å². The molecule has 2 aromatic carbocycles. The Morgan fingerprint density at radius 1 is 1.05 bits per heavy atom. The minimum Gasteiger partial charge on any atom is -0.481 e. The molecule has 212 valence electrons. The number of hydrogen-bond acceptors (Lipinski definition) is 8. The van der Waals surface area contributed by atoms with Crippen molar-refractivity contribution in [3.05, 3.63) is 71.8 Å². The number of rotatable bonds is 8. The van der Waals surface area contributed by atoms with Gasteiger partial charge in [0.05, 0.1) is 11.3 Å². The van der Waals surface area contributed by atoms with Gasteiger partial charge in [-0.25, -0.2) is 9.48 Å². The van der Waals surface area contributed by atoms with E-state index in [0.29, 0.717) is 21.3 Å². The van der Waals surface area contributed by atoms with Gasteiger partial charge in [0, 0.05) is 26.9 Å². The van der Waals surface area contributed by atoms with Crippen molar-refractivity contribution in [2.75, 3.05) is 5.32 Å². The first-order valence-corrected chi connectivity index (χ1v) is 13.7. The molecule has 0 aliphatic heterocycles. The molecule has 3 heterocycles. The first kappa shape index (κ1) is 28.1. The zero-order chi connectivity index (χ0) is 29.3. The standard InChI is InChI=1S/C27H21F3N4O5S2/c1-14(16-6-4-3-5-7-16)38-26(37)31-25-24(32-33-34(25)2)22-13-21-20(41-22)12-19(40-21)17-9-8-15(11-23(35)36)10-18(17)39-27(28,29)30/h3-10,12-14H,11H2,1-2H3,(H,31,37)(H,35,36)/t14-/m1/s1. The SMILES string of the molecule is C[C@@H](OC(=O)Nc1c(-c2cc3sc(-c4ccc(CC(=O)O)cc4OC(F)(F)F)cc3s2)nnn1C)c1ccccc1. The van der Waals surface area contributed by atoms with Crippen LogP contribution < -0.4 is 10.1 Å². The zero-order valence-corrected chi connectivity index (χ0v) is 23.1. The van der Waals surface area contributed by atoms with Crippen LogP contribution in [-0.2, 0) is 23.0 Å². The third-order valence-electron chi connectivity index (χ3n) is 5.93. The molecular formula is C27H21F3N4O5S2. The summed E-state index contributed by atoms with van der Waals surface area (Å²) in [5.41, 5.74) is 1.61. The van der Waals surface area contributed by atoms with Crippen LogP contribution in [0, 0.1) is 0 Å². The van der Waals surface area contributed by atoms with E-state index in [9.17, 15) is 22.8 Å². The number of nitrogens with zero attached hydrogens (tertiary/aromatic N) is 3. The lowest BCUT2D eigenvalue weighted by Crippen LogP contribution is -2.18. The van der Waals surface area contributed by atoms with Crippen LogP contribution in [0.25, 0.3) is 30.4 Å². The highest BCUT2D eigenvalue weighted by molar-refractivity contribution is 7.31. The van der Waals surface area contributed by atoms with Crippen molar-refractivity contribution in [3.63, 3.8) is 0 Å². The Kier molecular flexibility index (Phi) is 7.69. The van der Waals surface area contributed by atoms with Gasteiger partial charge < -0.3 is 14.6 Å². The molecule has 0 bridgehead atoms. The molecule has 0 radical (unpaired) electrons. The van der Waals surface area contributed by atoms with Gasteiger partial charge in [0.25, 0.3) is 0 Å². The van der Waals surface area contributed by atoms with Crippen molar-refractivity contribution in [1.29, 1.82) is 0 Å². The maximum Gasteiger partial charge on any atom is 0.573 e. The molecule has 0 aliphatic rings. The lowest BCUT2D eigenvalue weighted by molar-refractivity contribution is -0.274. The number of thiophene rings is 2. The monoisotopic (exact) mass is 602 g/mol. The van der Waals surface area contributed by atoms with E-state index < -0.39 is 36.7 Å². The summed E-state index contributed by atoms with van der Waals surface area (Å²) in [5, 5.41) is 19.9. The van der Waals surface area contributed by atoms with Crippen LogP contribution in [0.1, 0.15) is 24.2 Å². The molecule has 1 atom stereocenters. The summed E-state index contributed by atoms with van der Waals surface area (Å²) in [6.45, 7) is 1.76. The number of anilines is 1. The average molecular weight is 603 g/mol. The summed E-state index contributed by atoms with van der Waals surface area (Å²) in [6, 6.07) is 16.8. The van der Waals surface area contributed by atoms with Gasteiger partial charge in [-0.1, -0.05) is 41.6 Å². The van der Waals surface area contributed by atoms with Crippen molar-refractivity contribution < 1.29 is 37.3 Å². The van der Waals surface area contributed by atoms with Gasteiger partial charge >= 0.3 is 18.4 Å². The maximum atomic E-state index is 13.1. The summed E-state index contributed by atoms with van der Waals surface area (Å²) >= 11 is 2.56. The van der Waals surface area contributed by atoms with Crippen LogP contribution in [0.2, 0.25) is 0 Å². The molecule has 0 spiro atoms. The molecule has 0 saturated heterocycles. The fourth-order valence-corrected chi connectivity index (χ4v) is 6.50. The molecule has 0 aliphatic carbocycles. The lowest BCUT2D eigenvalue weighted by atomic mass is 10.1. The molecule has 14 heteroatoms.